The van der Waals surface area contributed by atoms with Crippen LogP contribution in [0.15, 0.2) is 53.7 Å². The summed E-state index contributed by atoms with van der Waals surface area (Å²) in [7, 11) is -2.05. The standard InChI is InChI=1S/C17H18N2O3S/c1-12(2)17-18-8-9-19(17)23(20,21)16-7-5-13-10-15(22-3)6-4-14(13)11-16/h4-12H,1-3H3. The maximum Gasteiger partial charge on any atom is 0.269 e. The molecular weight excluding hydrogens is 312 g/mol. The highest BCUT2D eigenvalue weighted by atomic mass is 32.2. The number of benzene rings is 2. The fourth-order valence-electron chi connectivity index (χ4n) is 2.51. The SMILES string of the molecule is COc1ccc2cc(S(=O)(=O)n3ccnc3C(C)C)ccc2c1. The molecule has 5 nitrogen and oxygen atoms in total. The van der Waals surface area contributed by atoms with Crippen molar-refractivity contribution in [1.29, 1.82) is 0 Å². The third-order valence-electron chi connectivity index (χ3n) is 3.73. The molecule has 1 aromatic heterocycles. The summed E-state index contributed by atoms with van der Waals surface area (Å²) in [4.78, 5) is 4.41. The Morgan fingerprint density at radius 1 is 1.09 bits per heavy atom. The average molecular weight is 330 g/mol. The molecular formula is C17H18N2O3S. The summed E-state index contributed by atoms with van der Waals surface area (Å²) < 4.78 is 32.2. The van der Waals surface area contributed by atoms with E-state index in [4.69, 9.17) is 4.74 Å². The van der Waals surface area contributed by atoms with E-state index in [-0.39, 0.29) is 10.8 Å². The highest BCUT2D eigenvalue weighted by Gasteiger charge is 2.21. The highest BCUT2D eigenvalue weighted by molar-refractivity contribution is 7.90. The third-order valence-corrected chi connectivity index (χ3v) is 5.40. The van der Waals surface area contributed by atoms with E-state index in [1.54, 1.807) is 25.3 Å². The average Bonchev–Trinajstić information content (AvgIpc) is 3.04. The summed E-state index contributed by atoms with van der Waals surface area (Å²) >= 11 is 0. The zero-order valence-electron chi connectivity index (χ0n) is 13.2. The number of imidazole rings is 1. The summed E-state index contributed by atoms with van der Waals surface area (Å²) in [5.74, 6) is 1.29. The molecule has 0 unspecified atom stereocenters. The minimum absolute atomic E-state index is 0.0180. The van der Waals surface area contributed by atoms with Crippen LogP contribution in [-0.4, -0.2) is 24.5 Å². The molecule has 0 aliphatic carbocycles. The van der Waals surface area contributed by atoms with Crippen LogP contribution in [0.5, 0.6) is 5.75 Å². The van der Waals surface area contributed by atoms with Crippen molar-refractivity contribution in [2.24, 2.45) is 0 Å². The molecule has 0 aliphatic rings. The molecule has 0 bridgehead atoms. The first kappa shape index (κ1) is 15.6. The van der Waals surface area contributed by atoms with Gasteiger partial charge in [-0.05, 0) is 35.0 Å². The molecule has 120 valence electrons. The van der Waals surface area contributed by atoms with E-state index in [1.165, 1.54) is 16.4 Å². The van der Waals surface area contributed by atoms with Crippen LogP contribution < -0.4 is 4.74 Å². The topological polar surface area (TPSA) is 61.2 Å². The number of rotatable bonds is 4. The molecule has 6 heteroatoms. The largest absolute Gasteiger partial charge is 0.497 e. The van der Waals surface area contributed by atoms with E-state index in [1.807, 2.05) is 32.0 Å². The second kappa shape index (κ2) is 5.70. The van der Waals surface area contributed by atoms with E-state index in [0.717, 1.165) is 16.5 Å². The van der Waals surface area contributed by atoms with Crippen LogP contribution in [0.3, 0.4) is 0 Å². The molecule has 0 saturated carbocycles. The fraction of sp³-hybridized carbons (Fsp3) is 0.235. The summed E-state index contributed by atoms with van der Waals surface area (Å²) in [5, 5.41) is 1.77. The van der Waals surface area contributed by atoms with Gasteiger partial charge in [0.05, 0.1) is 12.0 Å². The Balaban J connectivity index is 2.13. The second-order valence-corrected chi connectivity index (χ2v) is 7.43. The van der Waals surface area contributed by atoms with Crippen molar-refractivity contribution in [2.75, 3.05) is 7.11 Å². The van der Waals surface area contributed by atoms with Crippen LogP contribution in [0.2, 0.25) is 0 Å². The van der Waals surface area contributed by atoms with Crippen molar-refractivity contribution in [3.05, 3.63) is 54.6 Å². The lowest BCUT2D eigenvalue weighted by Crippen LogP contribution is -2.16. The molecule has 0 saturated heterocycles. The predicted octanol–water partition coefficient (Wildman–Crippen LogP) is 3.41. The van der Waals surface area contributed by atoms with Gasteiger partial charge in [-0.1, -0.05) is 26.0 Å². The van der Waals surface area contributed by atoms with E-state index in [9.17, 15) is 8.42 Å². The molecule has 0 N–H and O–H groups in total. The molecule has 0 radical (unpaired) electrons. The van der Waals surface area contributed by atoms with E-state index >= 15 is 0 Å². The molecule has 3 rings (SSSR count). The predicted molar refractivity (Wildman–Crippen MR) is 89.4 cm³/mol. The summed E-state index contributed by atoms with van der Waals surface area (Å²) in [6.45, 7) is 3.84. The van der Waals surface area contributed by atoms with Crippen molar-refractivity contribution >= 4 is 20.8 Å². The Morgan fingerprint density at radius 2 is 1.78 bits per heavy atom. The summed E-state index contributed by atoms with van der Waals surface area (Å²) in [5.41, 5.74) is 0. The molecule has 23 heavy (non-hydrogen) atoms. The number of hydrogen-bond acceptors (Lipinski definition) is 4. The highest BCUT2D eigenvalue weighted by Crippen LogP contribution is 2.26. The van der Waals surface area contributed by atoms with Gasteiger partial charge in [0.2, 0.25) is 0 Å². The molecule has 0 aliphatic heterocycles. The van der Waals surface area contributed by atoms with Crippen molar-refractivity contribution in [2.45, 2.75) is 24.7 Å². The fourth-order valence-corrected chi connectivity index (χ4v) is 3.98. The van der Waals surface area contributed by atoms with Gasteiger partial charge in [0.15, 0.2) is 0 Å². The molecule has 0 atom stereocenters. The summed E-state index contributed by atoms with van der Waals surface area (Å²) in [6.07, 6.45) is 3.00. The van der Waals surface area contributed by atoms with Gasteiger partial charge in [-0.3, -0.25) is 0 Å². The van der Waals surface area contributed by atoms with Gasteiger partial charge in [0.1, 0.15) is 11.6 Å². The quantitative estimate of drug-likeness (QED) is 0.735. The van der Waals surface area contributed by atoms with Gasteiger partial charge in [-0.15, -0.1) is 0 Å². The first-order valence-corrected chi connectivity index (χ1v) is 8.74. The smallest absolute Gasteiger partial charge is 0.269 e. The minimum Gasteiger partial charge on any atom is -0.497 e. The summed E-state index contributed by atoms with van der Waals surface area (Å²) in [6, 6.07) is 10.6. The Hall–Kier alpha value is -2.34. The van der Waals surface area contributed by atoms with E-state index in [2.05, 4.69) is 4.98 Å². The van der Waals surface area contributed by atoms with Crippen LogP contribution in [0.25, 0.3) is 10.8 Å². The molecule has 2 aromatic carbocycles. The van der Waals surface area contributed by atoms with E-state index in [0.29, 0.717) is 5.82 Å². The number of fused-ring (bicyclic) bond motifs is 1. The Kier molecular flexibility index (Phi) is 3.85. The number of ether oxygens (including phenoxy) is 1. The van der Waals surface area contributed by atoms with Crippen molar-refractivity contribution in [3.8, 4) is 5.75 Å². The van der Waals surface area contributed by atoms with Gasteiger partial charge >= 0.3 is 0 Å². The van der Waals surface area contributed by atoms with Gasteiger partial charge in [-0.25, -0.2) is 17.4 Å². The first-order valence-electron chi connectivity index (χ1n) is 7.30. The number of nitrogens with zero attached hydrogens (tertiary/aromatic N) is 2. The van der Waals surface area contributed by atoms with Crippen molar-refractivity contribution < 1.29 is 13.2 Å². The normalized spacial score (nSPS) is 12.0. The maximum atomic E-state index is 12.9. The lowest BCUT2D eigenvalue weighted by atomic mass is 10.1. The second-order valence-electron chi connectivity index (χ2n) is 5.62. The zero-order chi connectivity index (χ0) is 16.6. The lowest BCUT2D eigenvalue weighted by Gasteiger charge is -2.12. The van der Waals surface area contributed by atoms with Gasteiger partial charge in [0.25, 0.3) is 10.0 Å². The molecule has 1 heterocycles. The van der Waals surface area contributed by atoms with Crippen LogP contribution >= 0.6 is 0 Å². The molecule has 0 spiro atoms. The van der Waals surface area contributed by atoms with Crippen LogP contribution in [0, 0.1) is 0 Å². The van der Waals surface area contributed by atoms with E-state index < -0.39 is 10.0 Å². The van der Waals surface area contributed by atoms with Gasteiger partial charge in [0, 0.05) is 18.3 Å². The Labute approximate surface area is 135 Å². The first-order chi connectivity index (χ1) is 10.9. The zero-order valence-corrected chi connectivity index (χ0v) is 14.0. The maximum absolute atomic E-state index is 12.9. The Bertz CT molecular complexity index is 959. The van der Waals surface area contributed by atoms with Crippen molar-refractivity contribution in [3.63, 3.8) is 0 Å². The van der Waals surface area contributed by atoms with Gasteiger partial charge in [-0.2, -0.15) is 0 Å². The molecule has 0 amide bonds. The number of hydrogen-bond donors (Lipinski definition) is 0. The van der Waals surface area contributed by atoms with Crippen LogP contribution in [-0.2, 0) is 10.0 Å². The third kappa shape index (κ3) is 2.70. The lowest BCUT2D eigenvalue weighted by molar-refractivity contribution is 0.415. The molecule has 3 aromatic rings. The number of aromatic nitrogens is 2. The van der Waals surface area contributed by atoms with Gasteiger partial charge < -0.3 is 4.74 Å². The Morgan fingerprint density at radius 3 is 2.48 bits per heavy atom. The minimum atomic E-state index is -3.66. The van der Waals surface area contributed by atoms with Crippen LogP contribution in [0.4, 0.5) is 0 Å². The monoisotopic (exact) mass is 330 g/mol. The van der Waals surface area contributed by atoms with Crippen molar-refractivity contribution in [1.82, 2.24) is 8.96 Å². The molecule has 0 fully saturated rings. The number of methoxy groups -OCH3 is 1. The van der Waals surface area contributed by atoms with Crippen LogP contribution in [0.1, 0.15) is 25.6 Å².